The maximum absolute atomic E-state index is 12.1. The number of aryl methyl sites for hydroxylation is 1. The van der Waals surface area contributed by atoms with E-state index >= 15 is 0 Å². The number of unbranched alkanes of at least 4 members (excludes halogenated alkanes) is 1. The first-order valence-corrected chi connectivity index (χ1v) is 10.3. The normalized spacial score (nSPS) is 11.0. The monoisotopic (exact) mass is 390 g/mol. The second-order valence-corrected chi connectivity index (χ2v) is 7.80. The van der Waals surface area contributed by atoms with Gasteiger partial charge in [0.25, 0.3) is 0 Å². The number of carbonyl (C=O) groups excluding carboxylic acids is 1. The van der Waals surface area contributed by atoms with Crippen molar-refractivity contribution in [2.75, 3.05) is 0 Å². The third kappa shape index (κ3) is 4.64. The van der Waals surface area contributed by atoms with Crippen LogP contribution in [0, 0.1) is 0 Å². The molecule has 4 aromatic rings. The Morgan fingerprint density at radius 3 is 2.71 bits per heavy atom. The van der Waals surface area contributed by atoms with E-state index in [1.54, 1.807) is 17.5 Å². The maximum atomic E-state index is 12.1. The molecule has 0 saturated heterocycles. The molecule has 0 bridgehead atoms. The zero-order valence-electron chi connectivity index (χ0n) is 15.5. The van der Waals surface area contributed by atoms with Gasteiger partial charge in [0, 0.05) is 24.7 Å². The van der Waals surface area contributed by atoms with E-state index in [9.17, 15) is 4.79 Å². The first-order chi connectivity index (χ1) is 13.8. The topological polar surface area (TPSA) is 59.8 Å². The highest BCUT2D eigenvalue weighted by Gasteiger charge is 2.06. The molecule has 0 radical (unpaired) electrons. The molecule has 0 unspecified atom stereocenters. The molecule has 0 atom stereocenters. The van der Waals surface area contributed by atoms with Gasteiger partial charge in [0.2, 0.25) is 5.91 Å². The lowest BCUT2D eigenvalue weighted by molar-refractivity contribution is -0.121. The van der Waals surface area contributed by atoms with Crippen LogP contribution in [-0.4, -0.2) is 20.7 Å². The highest BCUT2D eigenvalue weighted by molar-refractivity contribution is 7.18. The highest BCUT2D eigenvalue weighted by atomic mass is 32.1. The molecule has 2 heterocycles. The average Bonchev–Trinajstić information content (AvgIpc) is 3.37. The molecular weight excluding hydrogens is 368 g/mol. The standard InChI is InChI=1S/C22H22N4OS/c27-21(12-6-7-13-22-25-19-10-4-5-11-20(19)28-22)23-14-17-15-24-26(16-17)18-8-2-1-3-9-18/h1-5,8-11,15-16H,6-7,12-14H2,(H,23,27). The molecular formula is C22H22N4OS. The number of para-hydroxylation sites is 2. The van der Waals surface area contributed by atoms with Gasteiger partial charge in [-0.2, -0.15) is 5.10 Å². The molecule has 28 heavy (non-hydrogen) atoms. The lowest BCUT2D eigenvalue weighted by atomic mass is 10.2. The van der Waals surface area contributed by atoms with Crippen LogP contribution in [0.1, 0.15) is 29.8 Å². The second-order valence-electron chi connectivity index (χ2n) is 6.69. The lowest BCUT2D eigenvalue weighted by Gasteiger charge is -2.03. The Labute approximate surface area is 168 Å². The van der Waals surface area contributed by atoms with E-state index in [1.165, 1.54) is 4.70 Å². The summed E-state index contributed by atoms with van der Waals surface area (Å²) in [5.41, 5.74) is 3.07. The number of thiazole rings is 1. The van der Waals surface area contributed by atoms with Gasteiger partial charge in [-0.25, -0.2) is 9.67 Å². The van der Waals surface area contributed by atoms with Gasteiger partial charge in [-0.05, 0) is 43.5 Å². The summed E-state index contributed by atoms with van der Waals surface area (Å²) in [6, 6.07) is 18.1. The number of aromatic nitrogens is 3. The Kier molecular flexibility index (Phi) is 5.77. The van der Waals surface area contributed by atoms with Gasteiger partial charge in [0.15, 0.2) is 0 Å². The lowest BCUT2D eigenvalue weighted by Crippen LogP contribution is -2.22. The fourth-order valence-corrected chi connectivity index (χ4v) is 4.06. The maximum Gasteiger partial charge on any atom is 0.220 e. The van der Waals surface area contributed by atoms with Crippen LogP contribution < -0.4 is 5.32 Å². The number of fused-ring (bicyclic) bond motifs is 1. The van der Waals surface area contributed by atoms with Gasteiger partial charge in [-0.15, -0.1) is 11.3 Å². The summed E-state index contributed by atoms with van der Waals surface area (Å²) in [5, 5.41) is 8.48. The Bertz CT molecular complexity index is 1020. The summed E-state index contributed by atoms with van der Waals surface area (Å²) in [6.45, 7) is 0.504. The minimum atomic E-state index is 0.0803. The van der Waals surface area contributed by atoms with E-state index in [0.29, 0.717) is 13.0 Å². The summed E-state index contributed by atoms with van der Waals surface area (Å²) >= 11 is 1.74. The fraction of sp³-hybridized carbons (Fsp3) is 0.227. The molecule has 0 aliphatic carbocycles. The first kappa shape index (κ1) is 18.4. The van der Waals surface area contributed by atoms with Crippen LogP contribution in [0.5, 0.6) is 0 Å². The summed E-state index contributed by atoms with van der Waals surface area (Å²) in [5.74, 6) is 0.0803. The summed E-state index contributed by atoms with van der Waals surface area (Å²) in [6.07, 6.45) is 7.04. The van der Waals surface area contributed by atoms with Gasteiger partial charge in [-0.1, -0.05) is 30.3 Å². The molecule has 142 valence electrons. The average molecular weight is 391 g/mol. The van der Waals surface area contributed by atoms with E-state index < -0.39 is 0 Å². The second kappa shape index (κ2) is 8.80. The molecule has 2 aromatic heterocycles. The van der Waals surface area contributed by atoms with Crippen molar-refractivity contribution < 1.29 is 4.79 Å². The predicted octanol–water partition coefficient (Wildman–Crippen LogP) is 4.51. The van der Waals surface area contributed by atoms with Gasteiger partial charge in [0.05, 0.1) is 27.1 Å². The van der Waals surface area contributed by atoms with Gasteiger partial charge >= 0.3 is 0 Å². The molecule has 2 aromatic carbocycles. The summed E-state index contributed by atoms with van der Waals surface area (Å²) < 4.78 is 3.05. The summed E-state index contributed by atoms with van der Waals surface area (Å²) in [4.78, 5) is 16.7. The van der Waals surface area contributed by atoms with Crippen molar-refractivity contribution in [3.63, 3.8) is 0 Å². The molecule has 6 heteroatoms. The van der Waals surface area contributed by atoms with Gasteiger partial charge in [0.1, 0.15) is 0 Å². The van der Waals surface area contributed by atoms with Gasteiger partial charge < -0.3 is 5.32 Å². The van der Waals surface area contributed by atoms with Crippen molar-refractivity contribution in [3.8, 4) is 5.69 Å². The van der Waals surface area contributed by atoms with Crippen molar-refractivity contribution in [1.29, 1.82) is 0 Å². The van der Waals surface area contributed by atoms with Crippen molar-refractivity contribution in [2.45, 2.75) is 32.2 Å². The van der Waals surface area contributed by atoms with E-state index in [1.807, 2.05) is 59.4 Å². The zero-order valence-corrected chi connectivity index (χ0v) is 16.4. The molecule has 0 saturated carbocycles. The first-order valence-electron chi connectivity index (χ1n) is 9.48. The smallest absolute Gasteiger partial charge is 0.220 e. The van der Waals surface area contributed by atoms with Crippen LogP contribution >= 0.6 is 11.3 Å². The van der Waals surface area contributed by atoms with Crippen LogP contribution in [0.2, 0.25) is 0 Å². The third-order valence-electron chi connectivity index (χ3n) is 4.53. The van der Waals surface area contributed by atoms with Gasteiger partial charge in [-0.3, -0.25) is 4.79 Å². The number of amides is 1. The third-order valence-corrected chi connectivity index (χ3v) is 5.63. The zero-order chi connectivity index (χ0) is 19.2. The van der Waals surface area contributed by atoms with Crippen LogP contribution in [0.15, 0.2) is 67.0 Å². The van der Waals surface area contributed by atoms with Crippen molar-refractivity contribution in [3.05, 3.63) is 77.6 Å². The largest absolute Gasteiger partial charge is 0.352 e. The van der Waals surface area contributed by atoms with Crippen molar-refractivity contribution >= 4 is 27.5 Å². The minimum Gasteiger partial charge on any atom is -0.352 e. The SMILES string of the molecule is O=C(CCCCc1nc2ccccc2s1)NCc1cnn(-c2ccccc2)c1. The van der Waals surface area contributed by atoms with E-state index in [-0.39, 0.29) is 5.91 Å². The van der Waals surface area contributed by atoms with Crippen molar-refractivity contribution in [2.24, 2.45) is 0 Å². The number of benzene rings is 2. The quantitative estimate of drug-likeness (QED) is 0.450. The molecule has 0 aliphatic heterocycles. The number of nitrogens with zero attached hydrogens (tertiary/aromatic N) is 3. The molecule has 1 amide bonds. The van der Waals surface area contributed by atoms with Crippen LogP contribution in [0.4, 0.5) is 0 Å². The van der Waals surface area contributed by atoms with E-state index in [4.69, 9.17) is 0 Å². The number of rotatable bonds is 8. The Morgan fingerprint density at radius 1 is 1.04 bits per heavy atom. The fourth-order valence-electron chi connectivity index (χ4n) is 3.05. The number of hydrogen-bond acceptors (Lipinski definition) is 4. The Morgan fingerprint density at radius 2 is 1.86 bits per heavy atom. The van der Waals surface area contributed by atoms with Crippen LogP contribution in [0.3, 0.4) is 0 Å². The molecule has 4 rings (SSSR count). The highest BCUT2D eigenvalue weighted by Crippen LogP contribution is 2.22. The summed E-state index contributed by atoms with van der Waals surface area (Å²) in [7, 11) is 0. The minimum absolute atomic E-state index is 0.0803. The van der Waals surface area contributed by atoms with Crippen LogP contribution in [0.25, 0.3) is 15.9 Å². The molecule has 0 spiro atoms. The number of hydrogen-bond donors (Lipinski definition) is 1. The predicted molar refractivity (Wildman–Crippen MR) is 113 cm³/mol. The Hall–Kier alpha value is -2.99. The Balaban J connectivity index is 1.18. The van der Waals surface area contributed by atoms with Crippen LogP contribution in [-0.2, 0) is 17.8 Å². The molecule has 0 fully saturated rings. The molecule has 5 nitrogen and oxygen atoms in total. The number of carbonyl (C=O) groups is 1. The van der Waals surface area contributed by atoms with Crippen molar-refractivity contribution in [1.82, 2.24) is 20.1 Å². The molecule has 1 N–H and O–H groups in total. The van der Waals surface area contributed by atoms with E-state index in [2.05, 4.69) is 21.5 Å². The number of nitrogens with one attached hydrogen (secondary N) is 1. The molecule has 0 aliphatic rings. The van der Waals surface area contributed by atoms with E-state index in [0.717, 1.165) is 41.0 Å².